The Bertz CT molecular complexity index is 601. The van der Waals surface area contributed by atoms with Crippen LogP contribution in [0.2, 0.25) is 5.02 Å². The number of carbonyl (C=O) groups is 1. The standard InChI is InChI=1S/C21H32ClN3O/c1-17(15-18-7-3-4-9-20(18)22)21(26)25-10-6-5-8-19(16-25)24-13-11-23(2)12-14-24/h3-4,7,9,17,19H,5-6,8,10-16H2,1-2H3. The molecule has 26 heavy (non-hydrogen) atoms. The fourth-order valence-corrected chi connectivity index (χ4v) is 4.41. The van der Waals surface area contributed by atoms with Crippen LogP contribution in [0.5, 0.6) is 0 Å². The predicted molar refractivity (Wildman–Crippen MR) is 108 cm³/mol. The zero-order valence-electron chi connectivity index (χ0n) is 16.2. The Kier molecular flexibility index (Phi) is 6.96. The van der Waals surface area contributed by atoms with Gasteiger partial charge in [0, 0.05) is 56.3 Å². The lowest BCUT2D eigenvalue weighted by Crippen LogP contribution is -2.52. The summed E-state index contributed by atoms with van der Waals surface area (Å²) in [6.45, 7) is 8.34. The minimum atomic E-state index is -0.0267. The Balaban J connectivity index is 1.61. The lowest BCUT2D eigenvalue weighted by molar-refractivity contribution is -0.135. The fraction of sp³-hybridized carbons (Fsp3) is 0.667. The molecule has 1 aromatic rings. The number of likely N-dealkylation sites (tertiary alicyclic amines) is 1. The van der Waals surface area contributed by atoms with E-state index >= 15 is 0 Å². The number of piperazine rings is 1. The Morgan fingerprint density at radius 3 is 2.62 bits per heavy atom. The first-order chi connectivity index (χ1) is 12.5. The predicted octanol–water partition coefficient (Wildman–Crippen LogP) is 3.15. The maximum atomic E-state index is 13.1. The number of rotatable bonds is 4. The summed E-state index contributed by atoms with van der Waals surface area (Å²) in [6.07, 6.45) is 4.27. The van der Waals surface area contributed by atoms with Crippen LogP contribution in [0.15, 0.2) is 24.3 Å². The van der Waals surface area contributed by atoms with Crippen molar-refractivity contribution in [1.29, 1.82) is 0 Å². The highest BCUT2D eigenvalue weighted by Crippen LogP contribution is 2.22. The normalized spacial score (nSPS) is 24.3. The van der Waals surface area contributed by atoms with Crippen molar-refractivity contribution < 1.29 is 4.79 Å². The van der Waals surface area contributed by atoms with E-state index in [9.17, 15) is 4.79 Å². The average molecular weight is 378 g/mol. The number of nitrogens with zero attached hydrogens (tertiary/aromatic N) is 3. The maximum Gasteiger partial charge on any atom is 0.225 e. The minimum absolute atomic E-state index is 0.0267. The summed E-state index contributed by atoms with van der Waals surface area (Å²) in [5, 5.41) is 0.762. The molecule has 3 rings (SSSR count). The summed E-state index contributed by atoms with van der Waals surface area (Å²) in [7, 11) is 2.19. The number of amides is 1. The van der Waals surface area contributed by atoms with Gasteiger partial charge >= 0.3 is 0 Å². The van der Waals surface area contributed by atoms with Gasteiger partial charge in [-0.25, -0.2) is 0 Å². The molecule has 1 amide bonds. The van der Waals surface area contributed by atoms with Crippen LogP contribution in [-0.2, 0) is 11.2 Å². The molecule has 0 saturated carbocycles. The lowest BCUT2D eigenvalue weighted by atomic mass is 9.99. The highest BCUT2D eigenvalue weighted by Gasteiger charge is 2.29. The molecule has 0 aliphatic carbocycles. The van der Waals surface area contributed by atoms with Gasteiger partial charge in [0.05, 0.1) is 0 Å². The zero-order chi connectivity index (χ0) is 18.5. The SMILES string of the molecule is CC(Cc1ccccc1Cl)C(=O)N1CCCCC(N2CCN(C)CC2)C1. The summed E-state index contributed by atoms with van der Waals surface area (Å²) in [5.41, 5.74) is 1.07. The van der Waals surface area contributed by atoms with E-state index in [-0.39, 0.29) is 11.8 Å². The molecule has 1 aromatic carbocycles. The van der Waals surface area contributed by atoms with E-state index in [1.54, 1.807) is 0 Å². The molecule has 0 spiro atoms. The van der Waals surface area contributed by atoms with Crippen molar-refractivity contribution in [2.45, 2.75) is 38.6 Å². The van der Waals surface area contributed by atoms with Crippen molar-refractivity contribution in [3.63, 3.8) is 0 Å². The van der Waals surface area contributed by atoms with Crippen molar-refractivity contribution >= 4 is 17.5 Å². The largest absolute Gasteiger partial charge is 0.341 e. The molecule has 0 N–H and O–H groups in total. The van der Waals surface area contributed by atoms with Crippen LogP contribution < -0.4 is 0 Å². The highest BCUT2D eigenvalue weighted by atomic mass is 35.5. The zero-order valence-corrected chi connectivity index (χ0v) is 16.9. The fourth-order valence-electron chi connectivity index (χ4n) is 4.20. The topological polar surface area (TPSA) is 26.8 Å². The average Bonchev–Trinajstić information content (AvgIpc) is 2.90. The number of hydrogen-bond donors (Lipinski definition) is 0. The van der Waals surface area contributed by atoms with Gasteiger partial charge in [-0.05, 0) is 37.9 Å². The Labute approximate surface area is 163 Å². The van der Waals surface area contributed by atoms with Gasteiger partial charge < -0.3 is 9.80 Å². The summed E-state index contributed by atoms with van der Waals surface area (Å²) in [4.78, 5) is 20.2. The molecule has 0 bridgehead atoms. The monoisotopic (exact) mass is 377 g/mol. The van der Waals surface area contributed by atoms with Crippen LogP contribution in [0.25, 0.3) is 0 Å². The van der Waals surface area contributed by atoms with Crippen molar-refractivity contribution in [2.24, 2.45) is 5.92 Å². The second-order valence-electron chi connectivity index (χ2n) is 7.97. The lowest BCUT2D eigenvalue weighted by Gasteiger charge is -2.39. The second kappa shape index (κ2) is 9.20. The molecule has 2 unspecified atom stereocenters. The number of halogens is 1. The molecule has 2 saturated heterocycles. The molecule has 2 fully saturated rings. The van der Waals surface area contributed by atoms with Crippen LogP contribution >= 0.6 is 11.6 Å². The molecular weight excluding hydrogens is 346 g/mol. The van der Waals surface area contributed by atoms with Crippen molar-refractivity contribution in [1.82, 2.24) is 14.7 Å². The summed E-state index contributed by atoms with van der Waals surface area (Å²) < 4.78 is 0. The van der Waals surface area contributed by atoms with Crippen LogP contribution in [0.3, 0.4) is 0 Å². The van der Waals surface area contributed by atoms with Crippen LogP contribution in [0.4, 0.5) is 0 Å². The van der Waals surface area contributed by atoms with E-state index in [0.29, 0.717) is 12.5 Å². The molecule has 144 valence electrons. The van der Waals surface area contributed by atoms with Crippen molar-refractivity contribution in [2.75, 3.05) is 46.3 Å². The van der Waals surface area contributed by atoms with Crippen LogP contribution in [-0.4, -0.2) is 73.0 Å². The van der Waals surface area contributed by atoms with E-state index in [4.69, 9.17) is 11.6 Å². The van der Waals surface area contributed by atoms with Gasteiger partial charge in [0.25, 0.3) is 0 Å². The number of likely N-dealkylation sites (N-methyl/N-ethyl adjacent to an activating group) is 1. The third-order valence-corrected chi connectivity index (χ3v) is 6.29. The van der Waals surface area contributed by atoms with Gasteiger partial charge in [-0.15, -0.1) is 0 Å². The van der Waals surface area contributed by atoms with E-state index in [1.807, 2.05) is 31.2 Å². The van der Waals surface area contributed by atoms with E-state index in [0.717, 1.165) is 56.3 Å². The van der Waals surface area contributed by atoms with Gasteiger partial charge in [-0.1, -0.05) is 43.1 Å². The van der Waals surface area contributed by atoms with Crippen molar-refractivity contribution in [3.8, 4) is 0 Å². The van der Waals surface area contributed by atoms with E-state index in [2.05, 4.69) is 21.7 Å². The quantitative estimate of drug-likeness (QED) is 0.806. The molecule has 0 aromatic heterocycles. The number of benzene rings is 1. The Morgan fingerprint density at radius 1 is 1.15 bits per heavy atom. The highest BCUT2D eigenvalue weighted by molar-refractivity contribution is 6.31. The van der Waals surface area contributed by atoms with Crippen LogP contribution in [0, 0.1) is 5.92 Å². The maximum absolute atomic E-state index is 13.1. The Hall–Kier alpha value is -1.10. The van der Waals surface area contributed by atoms with Gasteiger partial charge in [-0.3, -0.25) is 9.69 Å². The molecule has 4 nitrogen and oxygen atoms in total. The third kappa shape index (κ3) is 4.99. The summed E-state index contributed by atoms with van der Waals surface area (Å²) in [5.74, 6) is 0.257. The van der Waals surface area contributed by atoms with Gasteiger partial charge in [-0.2, -0.15) is 0 Å². The van der Waals surface area contributed by atoms with Crippen molar-refractivity contribution in [3.05, 3.63) is 34.9 Å². The smallest absolute Gasteiger partial charge is 0.225 e. The second-order valence-corrected chi connectivity index (χ2v) is 8.38. The van der Waals surface area contributed by atoms with Gasteiger partial charge in [0.2, 0.25) is 5.91 Å². The number of hydrogen-bond acceptors (Lipinski definition) is 3. The number of carbonyl (C=O) groups excluding carboxylic acids is 1. The molecular formula is C21H32ClN3O. The van der Waals surface area contributed by atoms with E-state index < -0.39 is 0 Å². The summed E-state index contributed by atoms with van der Waals surface area (Å²) in [6, 6.07) is 8.38. The van der Waals surface area contributed by atoms with Gasteiger partial charge in [0.15, 0.2) is 0 Å². The Morgan fingerprint density at radius 2 is 1.88 bits per heavy atom. The molecule has 2 heterocycles. The van der Waals surface area contributed by atoms with E-state index in [1.165, 1.54) is 12.8 Å². The molecule has 2 aliphatic heterocycles. The minimum Gasteiger partial charge on any atom is -0.341 e. The first-order valence-electron chi connectivity index (χ1n) is 9.99. The van der Waals surface area contributed by atoms with Gasteiger partial charge in [0.1, 0.15) is 0 Å². The van der Waals surface area contributed by atoms with Crippen LogP contribution in [0.1, 0.15) is 31.7 Å². The first-order valence-corrected chi connectivity index (χ1v) is 10.4. The molecule has 5 heteroatoms. The summed E-state index contributed by atoms with van der Waals surface area (Å²) >= 11 is 6.29. The first kappa shape index (κ1) is 19.7. The molecule has 2 atom stereocenters. The molecule has 2 aliphatic rings. The third-order valence-electron chi connectivity index (χ3n) is 5.92. The molecule has 0 radical (unpaired) electrons.